The minimum atomic E-state index is -0.303. The van der Waals surface area contributed by atoms with E-state index < -0.39 is 0 Å². The van der Waals surface area contributed by atoms with E-state index in [1.807, 2.05) is 34.6 Å². The summed E-state index contributed by atoms with van der Waals surface area (Å²) in [7, 11) is 0. The molecule has 0 heterocycles. The lowest BCUT2D eigenvalue weighted by atomic mass is 9.86. The second-order valence-corrected chi connectivity index (χ2v) is 5.40. The number of Topliss-reactive ketones (excluding diaryl/α,β-unsaturated/α-hetero) is 1. The van der Waals surface area contributed by atoms with Crippen LogP contribution in [0.3, 0.4) is 0 Å². The molecule has 0 bridgehead atoms. The highest BCUT2D eigenvalue weighted by Crippen LogP contribution is 2.23. The summed E-state index contributed by atoms with van der Waals surface area (Å²) in [5, 5.41) is 9.73. The van der Waals surface area contributed by atoms with E-state index in [0.717, 1.165) is 12.8 Å². The molecule has 0 radical (unpaired) electrons. The van der Waals surface area contributed by atoms with Crippen LogP contribution in [0.25, 0.3) is 0 Å². The van der Waals surface area contributed by atoms with E-state index in [2.05, 4.69) is 0 Å². The molecule has 0 aliphatic rings. The van der Waals surface area contributed by atoms with Crippen molar-refractivity contribution in [3.63, 3.8) is 0 Å². The lowest BCUT2D eigenvalue weighted by Gasteiger charge is -2.25. The van der Waals surface area contributed by atoms with Gasteiger partial charge in [-0.3, -0.25) is 4.79 Å². The summed E-state index contributed by atoms with van der Waals surface area (Å²) in [4.78, 5) is 11.3. The van der Waals surface area contributed by atoms with Crippen LogP contribution in [0.2, 0.25) is 0 Å². The van der Waals surface area contributed by atoms with Gasteiger partial charge in [0.05, 0.1) is 6.10 Å². The van der Waals surface area contributed by atoms with E-state index in [-0.39, 0.29) is 17.4 Å². The van der Waals surface area contributed by atoms with E-state index in [1.165, 1.54) is 0 Å². The molecule has 2 heteroatoms. The number of hydrogen-bond acceptors (Lipinski definition) is 2. The summed E-state index contributed by atoms with van der Waals surface area (Å²) in [6.45, 7) is 9.89. The Morgan fingerprint density at radius 3 is 2.14 bits per heavy atom. The van der Waals surface area contributed by atoms with Gasteiger partial charge in [-0.25, -0.2) is 0 Å². The molecule has 0 aliphatic carbocycles. The van der Waals surface area contributed by atoms with Crippen molar-refractivity contribution in [1.82, 2.24) is 0 Å². The van der Waals surface area contributed by atoms with Gasteiger partial charge in [0.25, 0.3) is 0 Å². The standard InChI is InChI=1S/C12H24O2/c1-9(2)10(13)7-6-8-11(14)12(3,4)5/h9,11,14H,6-8H2,1-5H3/t11-/m0/s1. The van der Waals surface area contributed by atoms with E-state index in [1.54, 1.807) is 0 Å². The number of carbonyl (C=O) groups excluding carboxylic acids is 1. The van der Waals surface area contributed by atoms with E-state index in [4.69, 9.17) is 0 Å². The van der Waals surface area contributed by atoms with Crippen molar-refractivity contribution in [2.45, 2.75) is 60.0 Å². The number of rotatable bonds is 5. The molecule has 0 fully saturated rings. The smallest absolute Gasteiger partial charge is 0.135 e. The summed E-state index contributed by atoms with van der Waals surface area (Å²) in [6, 6.07) is 0. The molecule has 1 N–H and O–H groups in total. The van der Waals surface area contributed by atoms with Crippen LogP contribution >= 0.6 is 0 Å². The first-order valence-electron chi connectivity index (χ1n) is 5.46. The molecule has 84 valence electrons. The third-order valence-electron chi connectivity index (χ3n) is 2.54. The lowest BCUT2D eigenvalue weighted by molar-refractivity contribution is -0.122. The highest BCUT2D eigenvalue weighted by molar-refractivity contribution is 5.80. The SMILES string of the molecule is CC(C)C(=O)CCC[C@H](O)C(C)(C)C. The topological polar surface area (TPSA) is 37.3 Å². The summed E-state index contributed by atoms with van der Waals surface area (Å²) >= 11 is 0. The number of aliphatic hydroxyl groups excluding tert-OH is 1. The van der Waals surface area contributed by atoms with Gasteiger partial charge in [0.1, 0.15) is 5.78 Å². The van der Waals surface area contributed by atoms with Crippen LogP contribution in [-0.2, 0) is 4.79 Å². The van der Waals surface area contributed by atoms with Gasteiger partial charge in [-0.05, 0) is 18.3 Å². The Morgan fingerprint density at radius 2 is 1.79 bits per heavy atom. The van der Waals surface area contributed by atoms with Gasteiger partial charge in [-0.2, -0.15) is 0 Å². The van der Waals surface area contributed by atoms with E-state index in [9.17, 15) is 9.90 Å². The predicted molar refractivity (Wildman–Crippen MR) is 59.2 cm³/mol. The molecule has 0 saturated carbocycles. The highest BCUT2D eigenvalue weighted by atomic mass is 16.3. The van der Waals surface area contributed by atoms with Crippen molar-refractivity contribution >= 4 is 5.78 Å². The fraction of sp³-hybridized carbons (Fsp3) is 0.917. The Morgan fingerprint density at radius 1 is 1.29 bits per heavy atom. The molecule has 1 atom stereocenters. The van der Waals surface area contributed by atoms with Crippen molar-refractivity contribution < 1.29 is 9.90 Å². The molecule has 0 spiro atoms. The van der Waals surface area contributed by atoms with E-state index >= 15 is 0 Å². The van der Waals surface area contributed by atoms with Crippen LogP contribution in [0.15, 0.2) is 0 Å². The van der Waals surface area contributed by atoms with Crippen molar-refractivity contribution in [3.8, 4) is 0 Å². The maximum atomic E-state index is 11.3. The third kappa shape index (κ3) is 5.38. The first-order chi connectivity index (χ1) is 6.25. The predicted octanol–water partition coefficient (Wildman–Crippen LogP) is 2.79. The Labute approximate surface area is 87.7 Å². The maximum absolute atomic E-state index is 11.3. The maximum Gasteiger partial charge on any atom is 0.135 e. The van der Waals surface area contributed by atoms with Crippen LogP contribution in [-0.4, -0.2) is 17.0 Å². The first kappa shape index (κ1) is 13.6. The van der Waals surface area contributed by atoms with Crippen molar-refractivity contribution in [2.75, 3.05) is 0 Å². The molecule has 0 saturated heterocycles. The van der Waals surface area contributed by atoms with Gasteiger partial charge in [-0.1, -0.05) is 34.6 Å². The zero-order valence-corrected chi connectivity index (χ0v) is 10.1. The largest absolute Gasteiger partial charge is 0.393 e. The van der Waals surface area contributed by atoms with Crippen LogP contribution in [0, 0.1) is 11.3 Å². The minimum absolute atomic E-state index is 0.0686. The molecule has 0 amide bonds. The monoisotopic (exact) mass is 200 g/mol. The fourth-order valence-electron chi connectivity index (χ4n) is 1.19. The third-order valence-corrected chi connectivity index (χ3v) is 2.54. The van der Waals surface area contributed by atoms with E-state index in [0.29, 0.717) is 12.2 Å². The zero-order valence-electron chi connectivity index (χ0n) is 10.1. The number of ketones is 1. The minimum Gasteiger partial charge on any atom is -0.393 e. The highest BCUT2D eigenvalue weighted by Gasteiger charge is 2.21. The number of carbonyl (C=O) groups is 1. The van der Waals surface area contributed by atoms with Crippen LogP contribution in [0.1, 0.15) is 53.9 Å². The molecule has 0 aromatic heterocycles. The molecular formula is C12H24O2. The molecule has 2 nitrogen and oxygen atoms in total. The Kier molecular flexibility index (Phi) is 5.35. The van der Waals surface area contributed by atoms with Gasteiger partial charge in [0, 0.05) is 12.3 Å². The van der Waals surface area contributed by atoms with Crippen molar-refractivity contribution in [1.29, 1.82) is 0 Å². The van der Waals surface area contributed by atoms with Crippen LogP contribution < -0.4 is 0 Å². The van der Waals surface area contributed by atoms with Crippen molar-refractivity contribution in [3.05, 3.63) is 0 Å². The normalized spacial score (nSPS) is 14.5. The molecule has 0 aromatic rings. The quantitative estimate of drug-likeness (QED) is 0.741. The van der Waals surface area contributed by atoms with Gasteiger partial charge in [0.2, 0.25) is 0 Å². The van der Waals surface area contributed by atoms with Crippen molar-refractivity contribution in [2.24, 2.45) is 11.3 Å². The van der Waals surface area contributed by atoms with Crippen LogP contribution in [0.5, 0.6) is 0 Å². The lowest BCUT2D eigenvalue weighted by Crippen LogP contribution is -2.26. The van der Waals surface area contributed by atoms with Gasteiger partial charge < -0.3 is 5.11 Å². The van der Waals surface area contributed by atoms with Gasteiger partial charge in [-0.15, -0.1) is 0 Å². The summed E-state index contributed by atoms with van der Waals surface area (Å²) < 4.78 is 0. The molecule has 0 rings (SSSR count). The molecule has 0 aliphatic heterocycles. The second kappa shape index (κ2) is 5.50. The fourth-order valence-corrected chi connectivity index (χ4v) is 1.19. The average Bonchev–Trinajstić information content (AvgIpc) is 2.01. The number of aliphatic hydroxyl groups is 1. The molecule has 0 aromatic carbocycles. The average molecular weight is 200 g/mol. The number of hydrogen-bond donors (Lipinski definition) is 1. The zero-order chi connectivity index (χ0) is 11.4. The summed E-state index contributed by atoms with van der Waals surface area (Å²) in [5.41, 5.74) is -0.0686. The Hall–Kier alpha value is -0.370. The summed E-state index contributed by atoms with van der Waals surface area (Å²) in [5.74, 6) is 0.424. The van der Waals surface area contributed by atoms with Gasteiger partial charge in [0.15, 0.2) is 0 Å². The first-order valence-corrected chi connectivity index (χ1v) is 5.46. The molecule has 14 heavy (non-hydrogen) atoms. The van der Waals surface area contributed by atoms with Crippen LogP contribution in [0.4, 0.5) is 0 Å². The molecular weight excluding hydrogens is 176 g/mol. The Bertz CT molecular complexity index is 177. The molecule has 0 unspecified atom stereocenters. The second-order valence-electron chi connectivity index (χ2n) is 5.40. The summed E-state index contributed by atoms with van der Waals surface area (Å²) in [6.07, 6.45) is 1.82. The Balaban J connectivity index is 3.70. The van der Waals surface area contributed by atoms with Gasteiger partial charge >= 0.3 is 0 Å².